The summed E-state index contributed by atoms with van der Waals surface area (Å²) in [6.45, 7) is 4.91. The van der Waals surface area contributed by atoms with E-state index in [0.717, 1.165) is 37.9 Å². The monoisotopic (exact) mass is 357 g/mol. The predicted molar refractivity (Wildman–Crippen MR) is 97.1 cm³/mol. The first kappa shape index (κ1) is 22.6. The summed E-state index contributed by atoms with van der Waals surface area (Å²) in [5, 5.41) is 27.0. The molecule has 0 unspecified atom stereocenters. The first-order valence-corrected chi connectivity index (χ1v) is 8.33. The first-order chi connectivity index (χ1) is 11.6. The molecular weight excluding hydrogens is 330 g/mol. The van der Waals surface area contributed by atoms with Crippen molar-refractivity contribution in [2.75, 3.05) is 25.2 Å². The molecule has 0 spiro atoms. The van der Waals surface area contributed by atoms with Gasteiger partial charge in [-0.05, 0) is 32.1 Å². The van der Waals surface area contributed by atoms with Gasteiger partial charge in [0.1, 0.15) is 17.3 Å². The van der Waals surface area contributed by atoms with E-state index in [4.69, 9.17) is 16.7 Å². The molecule has 2 rings (SSSR count). The maximum absolute atomic E-state index is 10.3. The van der Waals surface area contributed by atoms with Crippen LogP contribution >= 0.6 is 11.6 Å². The van der Waals surface area contributed by atoms with E-state index in [2.05, 4.69) is 27.7 Å². The Labute approximate surface area is 149 Å². The van der Waals surface area contributed by atoms with Crippen molar-refractivity contribution in [3.05, 3.63) is 17.0 Å². The van der Waals surface area contributed by atoms with Gasteiger partial charge >= 0.3 is 0 Å². The Morgan fingerprint density at radius 1 is 1.25 bits per heavy atom. The van der Waals surface area contributed by atoms with Gasteiger partial charge in [0.15, 0.2) is 0 Å². The van der Waals surface area contributed by atoms with Crippen LogP contribution < -0.4 is 4.90 Å². The topological polar surface area (TPSA) is 89.7 Å². The Balaban J connectivity index is 0.00000123. The number of hydrogen-bond donors (Lipinski definition) is 3. The molecule has 1 aromatic rings. The molecule has 6 nitrogen and oxygen atoms in total. The van der Waals surface area contributed by atoms with Crippen LogP contribution in [0.15, 0.2) is 6.33 Å². The third-order valence-corrected chi connectivity index (χ3v) is 4.41. The molecule has 1 aliphatic rings. The number of aliphatic hydroxyl groups excluding tert-OH is 3. The van der Waals surface area contributed by atoms with E-state index in [1.54, 1.807) is 0 Å². The van der Waals surface area contributed by atoms with E-state index in [1.165, 1.54) is 6.33 Å². The number of aromatic nitrogens is 2. The predicted octanol–water partition coefficient (Wildman–Crippen LogP) is 1.51. The van der Waals surface area contributed by atoms with Gasteiger partial charge < -0.3 is 20.2 Å². The second-order valence-electron chi connectivity index (χ2n) is 5.26. The Kier molecular flexibility index (Phi) is 11.3. The molecule has 0 saturated heterocycles. The van der Waals surface area contributed by atoms with Gasteiger partial charge in [0.2, 0.25) is 0 Å². The Hall–Kier alpha value is -1.39. The highest BCUT2D eigenvalue weighted by atomic mass is 35.5. The van der Waals surface area contributed by atoms with Gasteiger partial charge in [-0.25, -0.2) is 9.97 Å². The van der Waals surface area contributed by atoms with Crippen LogP contribution in [0.3, 0.4) is 0 Å². The lowest BCUT2D eigenvalue weighted by atomic mass is 10.1. The molecule has 0 aliphatic heterocycles. The van der Waals surface area contributed by atoms with E-state index in [0.29, 0.717) is 11.6 Å². The summed E-state index contributed by atoms with van der Waals surface area (Å²) >= 11 is 6.15. The van der Waals surface area contributed by atoms with Crippen LogP contribution in [0.1, 0.15) is 32.3 Å². The van der Waals surface area contributed by atoms with Crippen LogP contribution in [-0.4, -0.2) is 57.7 Å². The van der Waals surface area contributed by atoms with Crippen LogP contribution in [0.5, 0.6) is 0 Å². The second kappa shape index (κ2) is 12.0. The number of terminal acetylenes is 1. The SMILES string of the molecule is C#C.CCc1c(Cl)ncnc1N(CC)[C@@H]1C[C@H](CO)C[C@@H]1O.CO. The van der Waals surface area contributed by atoms with Crippen LogP contribution in [0, 0.1) is 18.8 Å². The van der Waals surface area contributed by atoms with Crippen LogP contribution in [0.25, 0.3) is 0 Å². The zero-order chi connectivity index (χ0) is 18.7. The minimum Gasteiger partial charge on any atom is -0.400 e. The van der Waals surface area contributed by atoms with Gasteiger partial charge in [-0.1, -0.05) is 18.5 Å². The molecular formula is C17H28ClN3O3. The lowest BCUT2D eigenvalue weighted by molar-refractivity contribution is 0.150. The third-order valence-electron chi connectivity index (χ3n) is 4.09. The number of nitrogens with zero attached hydrogens (tertiary/aromatic N) is 3. The van der Waals surface area contributed by atoms with Gasteiger partial charge in [-0.3, -0.25) is 0 Å². The van der Waals surface area contributed by atoms with Gasteiger partial charge in [0.25, 0.3) is 0 Å². The molecule has 3 atom stereocenters. The van der Waals surface area contributed by atoms with Crippen molar-refractivity contribution < 1.29 is 15.3 Å². The molecule has 1 saturated carbocycles. The molecule has 24 heavy (non-hydrogen) atoms. The third kappa shape index (κ3) is 5.32. The number of hydrogen-bond acceptors (Lipinski definition) is 6. The summed E-state index contributed by atoms with van der Waals surface area (Å²) in [6, 6.07) is -0.0200. The molecule has 1 fully saturated rings. The lowest BCUT2D eigenvalue weighted by Crippen LogP contribution is -2.41. The highest BCUT2D eigenvalue weighted by molar-refractivity contribution is 6.30. The largest absolute Gasteiger partial charge is 0.400 e. The summed E-state index contributed by atoms with van der Waals surface area (Å²) in [4.78, 5) is 10.5. The van der Waals surface area contributed by atoms with E-state index < -0.39 is 6.10 Å². The van der Waals surface area contributed by atoms with E-state index in [-0.39, 0.29) is 18.6 Å². The highest BCUT2D eigenvalue weighted by Crippen LogP contribution is 2.34. The molecule has 7 heteroatoms. The molecule has 1 aromatic heterocycles. The average molecular weight is 358 g/mol. The number of rotatable bonds is 5. The van der Waals surface area contributed by atoms with Gasteiger partial charge in [0.05, 0.1) is 12.1 Å². The first-order valence-electron chi connectivity index (χ1n) is 7.95. The van der Waals surface area contributed by atoms with Crippen molar-refractivity contribution in [3.63, 3.8) is 0 Å². The fourth-order valence-corrected chi connectivity index (χ4v) is 3.31. The van der Waals surface area contributed by atoms with E-state index in [1.807, 2.05) is 13.8 Å². The minimum absolute atomic E-state index is 0.0200. The van der Waals surface area contributed by atoms with Crippen molar-refractivity contribution >= 4 is 17.4 Å². The maximum atomic E-state index is 10.3. The van der Waals surface area contributed by atoms with Gasteiger partial charge in [-0.15, -0.1) is 12.8 Å². The van der Waals surface area contributed by atoms with E-state index >= 15 is 0 Å². The molecule has 1 aliphatic carbocycles. The summed E-state index contributed by atoms with van der Waals surface area (Å²) in [5.41, 5.74) is 0.913. The molecule has 136 valence electrons. The molecule has 0 bridgehead atoms. The molecule has 0 aromatic carbocycles. The smallest absolute Gasteiger partial charge is 0.137 e. The summed E-state index contributed by atoms with van der Waals surface area (Å²) in [5.74, 6) is 0.962. The van der Waals surface area contributed by atoms with Crippen molar-refractivity contribution in [2.45, 2.75) is 45.3 Å². The molecule has 1 heterocycles. The van der Waals surface area contributed by atoms with Crippen molar-refractivity contribution in [2.24, 2.45) is 5.92 Å². The Morgan fingerprint density at radius 2 is 1.88 bits per heavy atom. The fourth-order valence-electron chi connectivity index (χ4n) is 3.05. The summed E-state index contributed by atoms with van der Waals surface area (Å²) < 4.78 is 0. The summed E-state index contributed by atoms with van der Waals surface area (Å²) in [6.07, 6.45) is 11.2. The van der Waals surface area contributed by atoms with Gasteiger partial charge in [0, 0.05) is 25.8 Å². The highest BCUT2D eigenvalue weighted by Gasteiger charge is 2.37. The minimum atomic E-state index is -0.439. The van der Waals surface area contributed by atoms with E-state index in [9.17, 15) is 10.2 Å². The van der Waals surface area contributed by atoms with Crippen molar-refractivity contribution in [3.8, 4) is 12.8 Å². The van der Waals surface area contributed by atoms with Gasteiger partial charge in [-0.2, -0.15) is 0 Å². The number of likely N-dealkylation sites (N-methyl/N-ethyl adjacent to an activating group) is 1. The number of halogens is 1. The number of aliphatic hydroxyl groups is 3. The molecule has 3 N–H and O–H groups in total. The molecule has 0 radical (unpaired) electrons. The fraction of sp³-hybridized carbons (Fsp3) is 0.647. The van der Waals surface area contributed by atoms with Crippen molar-refractivity contribution in [1.82, 2.24) is 9.97 Å². The van der Waals surface area contributed by atoms with Crippen molar-refractivity contribution in [1.29, 1.82) is 0 Å². The van der Waals surface area contributed by atoms with Crippen LogP contribution in [0.4, 0.5) is 5.82 Å². The standard InChI is InChI=1S/C14H22ClN3O2.C2H2.CH4O/c1-3-10-13(15)16-8-17-14(10)18(4-2)11-5-9(7-19)6-12(11)20;2*1-2/h8-9,11-12,19-20H,3-7H2,1-2H3;1-2H;2H,1H3/t9-,11+,12-;;/m0../s1. The number of anilines is 1. The van der Waals surface area contributed by atoms with Crippen LogP contribution in [0.2, 0.25) is 5.15 Å². The maximum Gasteiger partial charge on any atom is 0.137 e. The normalized spacial score (nSPS) is 22.0. The Bertz CT molecular complexity index is 499. The quantitative estimate of drug-likeness (QED) is 0.546. The zero-order valence-electron chi connectivity index (χ0n) is 14.6. The zero-order valence-corrected chi connectivity index (χ0v) is 15.3. The lowest BCUT2D eigenvalue weighted by Gasteiger charge is -2.32. The molecule has 0 amide bonds. The van der Waals surface area contributed by atoms with Crippen LogP contribution in [-0.2, 0) is 6.42 Å². The Morgan fingerprint density at radius 3 is 2.33 bits per heavy atom. The average Bonchev–Trinajstić information content (AvgIpc) is 3.00. The summed E-state index contributed by atoms with van der Waals surface area (Å²) in [7, 11) is 1.00. The second-order valence-corrected chi connectivity index (χ2v) is 5.62.